The number of hydrogen-bond acceptors (Lipinski definition) is 5. The van der Waals surface area contributed by atoms with E-state index in [9.17, 15) is 14.7 Å². The number of nitrogens with one attached hydrogen (secondary N) is 1. The molecule has 0 aromatic heterocycles. The Balaban J connectivity index is 1.85. The lowest BCUT2D eigenvalue weighted by atomic mass is 9.94. The molecule has 7 heteroatoms. The van der Waals surface area contributed by atoms with Crippen LogP contribution in [0, 0.1) is 11.3 Å². The highest BCUT2D eigenvalue weighted by Crippen LogP contribution is 2.24. The van der Waals surface area contributed by atoms with E-state index in [4.69, 9.17) is 10.00 Å². The van der Waals surface area contributed by atoms with E-state index >= 15 is 0 Å². The quantitative estimate of drug-likeness (QED) is 0.485. The highest BCUT2D eigenvalue weighted by molar-refractivity contribution is 6.06. The van der Waals surface area contributed by atoms with Crippen LogP contribution >= 0.6 is 0 Å². The molecule has 7 nitrogen and oxygen atoms in total. The molecule has 1 fully saturated rings. The van der Waals surface area contributed by atoms with Gasteiger partial charge in [0.15, 0.2) is 0 Å². The number of aliphatic hydroxyl groups excluding tert-OH is 1. The summed E-state index contributed by atoms with van der Waals surface area (Å²) in [6.07, 6.45) is 3.69. The Hall–Kier alpha value is -2.59. The summed E-state index contributed by atoms with van der Waals surface area (Å²) >= 11 is 0. The molecule has 1 aliphatic rings. The van der Waals surface area contributed by atoms with Crippen LogP contribution in [0.5, 0.6) is 5.75 Å². The molecule has 1 aromatic carbocycles. The predicted molar refractivity (Wildman–Crippen MR) is 100 cm³/mol. The Bertz CT molecular complexity index is 698. The average Bonchev–Trinajstić information content (AvgIpc) is 2.87. The first-order chi connectivity index (χ1) is 12.9. The first-order valence-electron chi connectivity index (χ1n) is 9.34. The summed E-state index contributed by atoms with van der Waals surface area (Å²) in [6, 6.07) is 8.03. The van der Waals surface area contributed by atoms with E-state index in [0.717, 1.165) is 30.6 Å². The number of rotatable bonds is 10. The van der Waals surface area contributed by atoms with Crippen molar-refractivity contribution in [2.24, 2.45) is 0 Å². The molecule has 0 spiro atoms. The van der Waals surface area contributed by atoms with Gasteiger partial charge in [-0.15, -0.1) is 0 Å². The second kappa shape index (κ2) is 9.38. The number of urea groups is 1. The fraction of sp³-hybridized carbons (Fsp3) is 0.550. The fourth-order valence-corrected chi connectivity index (χ4v) is 3.07. The monoisotopic (exact) mass is 373 g/mol. The Morgan fingerprint density at radius 3 is 2.59 bits per heavy atom. The molecule has 1 saturated heterocycles. The molecule has 1 heterocycles. The molecule has 0 radical (unpaired) electrons. The van der Waals surface area contributed by atoms with Crippen LogP contribution in [0.25, 0.3) is 0 Å². The number of carbonyl (C=O) groups excluding carboxylic acids is 2. The van der Waals surface area contributed by atoms with Crippen LogP contribution in [0.2, 0.25) is 0 Å². The number of imide groups is 1. The number of hydrogen-bond donors (Lipinski definition) is 2. The molecule has 1 aliphatic heterocycles. The molecule has 1 aromatic rings. The second-order valence-corrected chi connectivity index (χ2v) is 7.09. The van der Waals surface area contributed by atoms with E-state index in [2.05, 4.69) is 12.2 Å². The van der Waals surface area contributed by atoms with Crippen molar-refractivity contribution in [1.82, 2.24) is 10.2 Å². The summed E-state index contributed by atoms with van der Waals surface area (Å²) in [4.78, 5) is 25.9. The molecular weight excluding hydrogens is 346 g/mol. The van der Waals surface area contributed by atoms with Gasteiger partial charge in [-0.05, 0) is 37.6 Å². The zero-order valence-electron chi connectivity index (χ0n) is 15.9. The van der Waals surface area contributed by atoms with Crippen LogP contribution in [0.3, 0.4) is 0 Å². The Labute approximate surface area is 159 Å². The molecule has 2 atom stereocenters. The second-order valence-electron chi connectivity index (χ2n) is 7.09. The van der Waals surface area contributed by atoms with Gasteiger partial charge < -0.3 is 15.2 Å². The number of nitriles is 1. The highest BCUT2D eigenvalue weighted by atomic mass is 16.5. The van der Waals surface area contributed by atoms with Gasteiger partial charge in [0.25, 0.3) is 5.91 Å². The third-order valence-corrected chi connectivity index (χ3v) is 4.69. The minimum atomic E-state index is -1.00. The SMILES string of the molecule is CCCCCCC1(C)NC(=O)N(CC(O)COc2ccc(C#N)cc2)C1=O. The smallest absolute Gasteiger partial charge is 0.325 e. The molecule has 0 saturated carbocycles. The first-order valence-corrected chi connectivity index (χ1v) is 9.34. The third kappa shape index (κ3) is 5.44. The maximum absolute atomic E-state index is 12.6. The van der Waals surface area contributed by atoms with Crippen LogP contribution in [-0.4, -0.2) is 46.7 Å². The minimum absolute atomic E-state index is 0.0594. The van der Waals surface area contributed by atoms with Crippen molar-refractivity contribution in [3.8, 4) is 11.8 Å². The van der Waals surface area contributed by atoms with Gasteiger partial charge >= 0.3 is 6.03 Å². The fourth-order valence-electron chi connectivity index (χ4n) is 3.07. The minimum Gasteiger partial charge on any atom is -0.491 e. The number of carbonyl (C=O) groups is 2. The summed E-state index contributed by atoms with van der Waals surface area (Å²) in [7, 11) is 0. The molecule has 2 N–H and O–H groups in total. The number of unbranched alkanes of at least 4 members (excludes halogenated alkanes) is 3. The van der Waals surface area contributed by atoms with Crippen LogP contribution in [-0.2, 0) is 4.79 Å². The normalized spacial score (nSPS) is 20.3. The van der Waals surface area contributed by atoms with Crippen molar-refractivity contribution in [1.29, 1.82) is 5.26 Å². The van der Waals surface area contributed by atoms with Crippen LogP contribution in [0.4, 0.5) is 4.79 Å². The van der Waals surface area contributed by atoms with Crippen molar-refractivity contribution in [2.45, 2.75) is 57.6 Å². The molecule has 146 valence electrons. The number of nitrogens with zero attached hydrogens (tertiary/aromatic N) is 2. The average molecular weight is 373 g/mol. The topological polar surface area (TPSA) is 103 Å². The van der Waals surface area contributed by atoms with Gasteiger partial charge in [-0.3, -0.25) is 9.69 Å². The molecule has 2 unspecified atom stereocenters. The van der Waals surface area contributed by atoms with Crippen molar-refractivity contribution >= 4 is 11.9 Å². The van der Waals surface area contributed by atoms with Crippen molar-refractivity contribution in [2.75, 3.05) is 13.2 Å². The predicted octanol–water partition coefficient (Wildman–Crippen LogP) is 2.58. The zero-order chi connectivity index (χ0) is 19.9. The largest absolute Gasteiger partial charge is 0.491 e. The molecule has 0 aliphatic carbocycles. The van der Waals surface area contributed by atoms with E-state index in [1.807, 2.05) is 6.07 Å². The molecular formula is C20H27N3O4. The lowest BCUT2D eigenvalue weighted by molar-refractivity contribution is -0.132. The summed E-state index contributed by atoms with van der Waals surface area (Å²) in [5, 5.41) is 21.7. The lowest BCUT2D eigenvalue weighted by Gasteiger charge is -2.22. The van der Waals surface area contributed by atoms with E-state index in [0.29, 0.717) is 17.7 Å². The lowest BCUT2D eigenvalue weighted by Crippen LogP contribution is -2.45. The van der Waals surface area contributed by atoms with Gasteiger partial charge in [0.2, 0.25) is 0 Å². The van der Waals surface area contributed by atoms with Crippen LogP contribution in [0.15, 0.2) is 24.3 Å². The maximum Gasteiger partial charge on any atom is 0.325 e. The Morgan fingerprint density at radius 1 is 1.26 bits per heavy atom. The van der Waals surface area contributed by atoms with Crippen molar-refractivity contribution < 1.29 is 19.4 Å². The first kappa shape index (κ1) is 20.7. The number of amides is 3. The summed E-state index contributed by atoms with van der Waals surface area (Å²) in [5.74, 6) is 0.201. The number of β-amino-alcohol motifs (C(OH)–C–C–N with tert-alkyl or cyclic N) is 1. The van der Waals surface area contributed by atoms with Gasteiger partial charge in [0.1, 0.15) is 24.0 Å². The van der Waals surface area contributed by atoms with Crippen molar-refractivity contribution in [3.05, 3.63) is 29.8 Å². The molecule has 27 heavy (non-hydrogen) atoms. The standard InChI is InChI=1S/C20H27N3O4/c1-3-4-5-6-11-20(2)18(25)23(19(26)22-20)13-16(24)14-27-17-9-7-15(12-21)8-10-17/h7-10,16,24H,3-6,11,13-14H2,1-2H3,(H,22,26). The van der Waals surface area contributed by atoms with Gasteiger partial charge in [0.05, 0.1) is 18.2 Å². The van der Waals surface area contributed by atoms with Crippen LogP contribution < -0.4 is 10.1 Å². The summed E-state index contributed by atoms with van der Waals surface area (Å²) in [6.45, 7) is 3.67. The van der Waals surface area contributed by atoms with Gasteiger partial charge in [-0.2, -0.15) is 5.26 Å². The van der Waals surface area contributed by atoms with Gasteiger partial charge in [0, 0.05) is 0 Å². The molecule has 0 bridgehead atoms. The van der Waals surface area contributed by atoms with Gasteiger partial charge in [-0.25, -0.2) is 4.79 Å². The molecule has 2 rings (SSSR count). The van der Waals surface area contributed by atoms with Gasteiger partial charge in [-0.1, -0.05) is 32.6 Å². The summed E-state index contributed by atoms with van der Waals surface area (Å²) in [5.41, 5.74) is -0.390. The Kier molecular flexibility index (Phi) is 7.19. The van der Waals surface area contributed by atoms with Crippen molar-refractivity contribution in [3.63, 3.8) is 0 Å². The maximum atomic E-state index is 12.6. The highest BCUT2D eigenvalue weighted by Gasteiger charge is 2.47. The number of benzene rings is 1. The van der Waals surface area contributed by atoms with E-state index in [1.165, 1.54) is 0 Å². The zero-order valence-corrected chi connectivity index (χ0v) is 15.9. The summed E-state index contributed by atoms with van der Waals surface area (Å²) < 4.78 is 5.46. The Morgan fingerprint density at radius 2 is 1.96 bits per heavy atom. The van der Waals surface area contributed by atoms with E-state index < -0.39 is 17.7 Å². The van der Waals surface area contributed by atoms with E-state index in [1.54, 1.807) is 31.2 Å². The van der Waals surface area contributed by atoms with Crippen LogP contribution in [0.1, 0.15) is 51.5 Å². The number of aliphatic hydroxyl groups is 1. The number of ether oxygens (including phenoxy) is 1. The third-order valence-electron chi connectivity index (χ3n) is 4.69. The van der Waals surface area contributed by atoms with E-state index in [-0.39, 0.29) is 19.1 Å². The molecule has 3 amide bonds.